The molecule has 17 heavy (non-hydrogen) atoms. The summed E-state index contributed by atoms with van der Waals surface area (Å²) in [5, 5.41) is 9.67. The van der Waals surface area contributed by atoms with Crippen molar-refractivity contribution in [2.45, 2.75) is 18.8 Å². The molecule has 3 rings (SSSR count). The summed E-state index contributed by atoms with van der Waals surface area (Å²) >= 11 is 0. The van der Waals surface area contributed by atoms with Crippen LogP contribution in [0.3, 0.4) is 0 Å². The molecule has 3 heterocycles. The van der Waals surface area contributed by atoms with Crippen LogP contribution in [0.1, 0.15) is 24.6 Å². The van der Waals surface area contributed by atoms with Gasteiger partial charge in [0.15, 0.2) is 5.82 Å². The van der Waals surface area contributed by atoms with Gasteiger partial charge in [-0.05, 0) is 12.1 Å². The fourth-order valence-electron chi connectivity index (χ4n) is 2.27. The number of rotatable bonds is 2. The van der Waals surface area contributed by atoms with Gasteiger partial charge in [0.2, 0.25) is 0 Å². The third kappa shape index (κ3) is 2.19. The maximum absolute atomic E-state index is 4.56. The van der Waals surface area contributed by atoms with Crippen LogP contribution in [0, 0.1) is 0 Å². The molecule has 88 valence electrons. The monoisotopic (exact) mass is 230 g/mol. The second-order valence-corrected chi connectivity index (χ2v) is 4.40. The Bertz CT molecular complexity index is 473. The number of quaternary nitrogens is 1. The van der Waals surface area contributed by atoms with E-state index in [9.17, 15) is 0 Å². The zero-order chi connectivity index (χ0) is 11.5. The zero-order valence-electron chi connectivity index (χ0n) is 9.63. The Morgan fingerprint density at radius 2 is 2.12 bits per heavy atom. The molecule has 1 aliphatic heterocycles. The van der Waals surface area contributed by atoms with Crippen LogP contribution in [0.2, 0.25) is 0 Å². The minimum Gasteiger partial charge on any atom is -0.346 e. The number of H-pyrrole nitrogens is 1. The van der Waals surface area contributed by atoms with E-state index >= 15 is 0 Å². The number of hydrogen-bond acceptors (Lipinski definition) is 3. The van der Waals surface area contributed by atoms with E-state index in [-0.39, 0.29) is 0 Å². The highest BCUT2D eigenvalue weighted by molar-refractivity contribution is 5.47. The Balaban J connectivity index is 1.83. The molecule has 0 spiro atoms. The Kier molecular flexibility index (Phi) is 2.83. The maximum atomic E-state index is 4.56. The molecule has 1 aliphatic rings. The number of pyridine rings is 1. The molecule has 0 bridgehead atoms. The van der Waals surface area contributed by atoms with Crippen molar-refractivity contribution in [3.63, 3.8) is 0 Å². The van der Waals surface area contributed by atoms with Crippen molar-refractivity contribution in [3.8, 4) is 11.5 Å². The molecule has 2 aromatic heterocycles. The van der Waals surface area contributed by atoms with Crippen LogP contribution in [0.5, 0.6) is 0 Å². The summed E-state index contributed by atoms with van der Waals surface area (Å²) < 4.78 is 0. The van der Waals surface area contributed by atoms with Crippen LogP contribution < -0.4 is 5.32 Å². The summed E-state index contributed by atoms with van der Waals surface area (Å²) in [5.41, 5.74) is 0.831. The van der Waals surface area contributed by atoms with Crippen LogP contribution >= 0.6 is 0 Å². The van der Waals surface area contributed by atoms with Gasteiger partial charge in [0.1, 0.15) is 11.5 Å². The van der Waals surface area contributed by atoms with Crippen molar-refractivity contribution in [1.82, 2.24) is 20.2 Å². The van der Waals surface area contributed by atoms with E-state index in [0.717, 1.165) is 11.5 Å². The summed E-state index contributed by atoms with van der Waals surface area (Å²) in [6.07, 6.45) is 4.12. The fraction of sp³-hybridized carbons (Fsp3) is 0.417. The summed E-state index contributed by atoms with van der Waals surface area (Å²) in [6.45, 7) is 2.37. The number of nitrogens with one attached hydrogen (secondary N) is 1. The number of hydrogen-bond donors (Lipinski definition) is 2. The zero-order valence-corrected chi connectivity index (χ0v) is 9.63. The van der Waals surface area contributed by atoms with Crippen LogP contribution in [0.15, 0.2) is 24.4 Å². The highest BCUT2D eigenvalue weighted by Gasteiger charge is 2.21. The standard InChI is InChI=1S/C12H15N5/c1-2-6-14-10(3-1)12-15-11(16-17-12)9-4-7-13-8-5-9/h1-3,6,9,13H,4-5,7-8H2,(H,15,16,17)/p+1. The van der Waals surface area contributed by atoms with Crippen molar-refractivity contribution in [2.75, 3.05) is 13.1 Å². The molecule has 2 aromatic rings. The second-order valence-electron chi connectivity index (χ2n) is 4.40. The van der Waals surface area contributed by atoms with E-state index in [1.165, 1.54) is 25.9 Å². The van der Waals surface area contributed by atoms with Crippen LogP contribution in [0.4, 0.5) is 0 Å². The van der Waals surface area contributed by atoms with Gasteiger partial charge in [-0.1, -0.05) is 6.07 Å². The van der Waals surface area contributed by atoms with Crippen LogP contribution in [-0.4, -0.2) is 33.3 Å². The molecule has 0 radical (unpaired) electrons. The molecule has 0 aromatic carbocycles. The predicted molar refractivity (Wildman–Crippen MR) is 63.2 cm³/mol. The van der Waals surface area contributed by atoms with Crippen molar-refractivity contribution >= 4 is 0 Å². The molecule has 0 atom stereocenters. The quantitative estimate of drug-likeness (QED) is 0.780. The van der Waals surface area contributed by atoms with Crippen LogP contribution in [0.25, 0.3) is 11.5 Å². The first kappa shape index (κ1) is 10.4. The molecule has 3 N–H and O–H groups in total. The van der Waals surface area contributed by atoms with Crippen molar-refractivity contribution in [1.29, 1.82) is 0 Å². The molecule has 1 fully saturated rings. The summed E-state index contributed by atoms with van der Waals surface area (Å²) in [6, 6.07) is 5.78. The normalized spacial score (nSPS) is 17.2. The lowest BCUT2D eigenvalue weighted by Crippen LogP contribution is -2.86. The summed E-state index contributed by atoms with van der Waals surface area (Å²) in [7, 11) is 0. The SMILES string of the molecule is c1ccc(-c2n[nH]c(C3CC[NH2+]CC3)n2)nc1. The Morgan fingerprint density at radius 1 is 1.24 bits per heavy atom. The number of aromatic nitrogens is 4. The van der Waals surface area contributed by atoms with Gasteiger partial charge in [0.25, 0.3) is 0 Å². The molecular weight excluding hydrogens is 214 g/mol. The third-order valence-corrected chi connectivity index (χ3v) is 3.22. The Morgan fingerprint density at radius 3 is 2.88 bits per heavy atom. The number of nitrogens with zero attached hydrogens (tertiary/aromatic N) is 3. The first-order valence-electron chi connectivity index (χ1n) is 6.09. The average Bonchev–Trinajstić information content (AvgIpc) is 2.90. The largest absolute Gasteiger partial charge is 0.346 e. The van der Waals surface area contributed by atoms with Gasteiger partial charge < -0.3 is 5.32 Å². The van der Waals surface area contributed by atoms with Gasteiger partial charge in [-0.3, -0.25) is 10.1 Å². The van der Waals surface area contributed by atoms with Crippen LogP contribution in [-0.2, 0) is 0 Å². The average molecular weight is 230 g/mol. The molecule has 0 aliphatic carbocycles. The summed E-state index contributed by atoms with van der Waals surface area (Å²) in [5.74, 6) is 2.25. The van der Waals surface area contributed by atoms with Crippen molar-refractivity contribution in [3.05, 3.63) is 30.2 Å². The number of aromatic amines is 1. The second kappa shape index (κ2) is 4.63. The highest BCUT2D eigenvalue weighted by atomic mass is 15.2. The predicted octanol–water partition coefficient (Wildman–Crippen LogP) is 0.307. The van der Waals surface area contributed by atoms with Gasteiger partial charge in [-0.15, -0.1) is 0 Å². The van der Waals surface area contributed by atoms with Crippen molar-refractivity contribution in [2.24, 2.45) is 0 Å². The van der Waals surface area contributed by atoms with E-state index in [0.29, 0.717) is 11.7 Å². The molecule has 5 heteroatoms. The smallest absolute Gasteiger partial charge is 0.199 e. The molecule has 1 saturated heterocycles. The van der Waals surface area contributed by atoms with E-state index < -0.39 is 0 Å². The van der Waals surface area contributed by atoms with Gasteiger partial charge in [0, 0.05) is 25.0 Å². The van der Waals surface area contributed by atoms with E-state index in [1.807, 2.05) is 18.2 Å². The minimum atomic E-state index is 0.532. The molecular formula is C12H16N5+. The summed E-state index contributed by atoms with van der Waals surface area (Å²) in [4.78, 5) is 8.82. The molecule has 0 saturated carbocycles. The topological polar surface area (TPSA) is 71.1 Å². The Labute approximate surface area is 99.7 Å². The molecule has 0 amide bonds. The maximum Gasteiger partial charge on any atom is 0.199 e. The van der Waals surface area contributed by atoms with Gasteiger partial charge in [-0.2, -0.15) is 5.10 Å². The minimum absolute atomic E-state index is 0.532. The van der Waals surface area contributed by atoms with E-state index in [4.69, 9.17) is 0 Å². The third-order valence-electron chi connectivity index (χ3n) is 3.22. The molecule has 5 nitrogen and oxygen atoms in total. The fourth-order valence-corrected chi connectivity index (χ4v) is 2.27. The lowest BCUT2D eigenvalue weighted by atomic mass is 9.98. The van der Waals surface area contributed by atoms with Gasteiger partial charge in [0.05, 0.1) is 13.1 Å². The Hall–Kier alpha value is -1.75. The number of nitrogens with two attached hydrogens (primary N) is 1. The number of piperidine rings is 1. The van der Waals surface area contributed by atoms with E-state index in [1.54, 1.807) is 6.20 Å². The van der Waals surface area contributed by atoms with Crippen molar-refractivity contribution < 1.29 is 5.32 Å². The first-order chi connectivity index (χ1) is 8.43. The lowest BCUT2D eigenvalue weighted by molar-refractivity contribution is -0.663. The lowest BCUT2D eigenvalue weighted by Gasteiger charge is -2.17. The first-order valence-corrected chi connectivity index (χ1v) is 6.09. The van der Waals surface area contributed by atoms with Gasteiger partial charge in [-0.25, -0.2) is 4.98 Å². The van der Waals surface area contributed by atoms with Gasteiger partial charge >= 0.3 is 0 Å². The molecule has 0 unspecified atom stereocenters. The van der Waals surface area contributed by atoms with E-state index in [2.05, 4.69) is 25.5 Å². The highest BCUT2D eigenvalue weighted by Crippen LogP contribution is 2.21.